The number of carbonyl (C=O) groups is 1. The normalized spacial score (nSPS) is 16.1. The molecule has 2 amide bonds. The average molecular weight is 252 g/mol. The second-order valence-corrected chi connectivity index (χ2v) is 4.52. The van der Waals surface area contributed by atoms with Crippen LogP contribution in [0.5, 0.6) is 0 Å². The molecule has 1 aliphatic rings. The minimum atomic E-state index is -0.547. The lowest BCUT2D eigenvalue weighted by molar-refractivity contribution is 0.233. The molecule has 1 aromatic carbocycles. The molecule has 18 heavy (non-hydrogen) atoms. The van der Waals surface area contributed by atoms with E-state index >= 15 is 0 Å². The van der Waals surface area contributed by atoms with E-state index in [-0.39, 0.29) is 18.5 Å². The number of urea groups is 1. The molecule has 4 nitrogen and oxygen atoms in total. The smallest absolute Gasteiger partial charge is 0.315 e. The fraction of sp³-hybridized carbons (Fsp3) is 0.462. The minimum absolute atomic E-state index is 0.0404. The summed E-state index contributed by atoms with van der Waals surface area (Å²) in [5.74, 6) is -0.286. The van der Waals surface area contributed by atoms with Crippen LogP contribution in [0.1, 0.15) is 24.8 Å². The molecular weight excluding hydrogens is 235 g/mol. The Labute approximate surface area is 105 Å². The van der Waals surface area contributed by atoms with Crippen LogP contribution < -0.4 is 10.6 Å². The zero-order valence-corrected chi connectivity index (χ0v) is 10.1. The van der Waals surface area contributed by atoms with Gasteiger partial charge in [0.25, 0.3) is 0 Å². The van der Waals surface area contributed by atoms with Gasteiger partial charge in [-0.1, -0.05) is 18.2 Å². The third kappa shape index (κ3) is 2.79. The van der Waals surface area contributed by atoms with E-state index in [2.05, 4.69) is 10.6 Å². The molecule has 5 heteroatoms. The Kier molecular flexibility index (Phi) is 3.81. The number of benzene rings is 1. The molecule has 1 fully saturated rings. The Bertz CT molecular complexity index is 433. The Balaban J connectivity index is 1.96. The quantitative estimate of drug-likeness (QED) is 0.695. The summed E-state index contributed by atoms with van der Waals surface area (Å²) in [6, 6.07) is 6.20. The standard InChI is InChI=1S/C13H17FN2O2/c14-11-5-2-1-4-10(11)13(6-7-13)16-12(18)15-8-3-9-17/h1-2,4-5,17H,3,6-9H2,(H2,15,16,18). The van der Waals surface area contributed by atoms with Gasteiger partial charge in [0.2, 0.25) is 0 Å². The predicted molar refractivity (Wildman–Crippen MR) is 65.5 cm³/mol. The van der Waals surface area contributed by atoms with Crippen LogP contribution in [0.15, 0.2) is 24.3 Å². The summed E-state index contributed by atoms with van der Waals surface area (Å²) in [5, 5.41) is 14.1. The van der Waals surface area contributed by atoms with Crippen molar-refractivity contribution in [2.75, 3.05) is 13.2 Å². The van der Waals surface area contributed by atoms with Gasteiger partial charge in [0.1, 0.15) is 5.82 Å². The van der Waals surface area contributed by atoms with Gasteiger partial charge < -0.3 is 15.7 Å². The molecule has 1 aliphatic carbocycles. The SMILES string of the molecule is O=C(NCCCO)NC1(c2ccccc2F)CC1. The number of aliphatic hydroxyl groups excluding tert-OH is 1. The van der Waals surface area contributed by atoms with Crippen LogP contribution in [0.2, 0.25) is 0 Å². The zero-order chi connectivity index (χ0) is 13.0. The van der Waals surface area contributed by atoms with Gasteiger partial charge in [-0.15, -0.1) is 0 Å². The Morgan fingerprint density at radius 3 is 2.72 bits per heavy atom. The summed E-state index contributed by atoms with van der Waals surface area (Å²) in [7, 11) is 0. The van der Waals surface area contributed by atoms with Gasteiger partial charge in [0.15, 0.2) is 0 Å². The number of rotatable bonds is 5. The number of hydrogen-bond donors (Lipinski definition) is 3. The molecule has 3 N–H and O–H groups in total. The number of halogens is 1. The van der Waals surface area contributed by atoms with Crippen molar-refractivity contribution in [3.8, 4) is 0 Å². The van der Waals surface area contributed by atoms with E-state index in [0.717, 1.165) is 12.8 Å². The molecule has 0 unspecified atom stereocenters. The summed E-state index contributed by atoms with van der Waals surface area (Å²) in [6.07, 6.45) is 2.02. The molecule has 1 aromatic rings. The molecule has 0 atom stereocenters. The minimum Gasteiger partial charge on any atom is -0.396 e. The maximum atomic E-state index is 13.7. The van der Waals surface area contributed by atoms with Crippen LogP contribution in [0.4, 0.5) is 9.18 Å². The number of amides is 2. The van der Waals surface area contributed by atoms with E-state index in [4.69, 9.17) is 5.11 Å². The van der Waals surface area contributed by atoms with Crippen molar-refractivity contribution >= 4 is 6.03 Å². The van der Waals surface area contributed by atoms with Crippen molar-refractivity contribution in [1.82, 2.24) is 10.6 Å². The topological polar surface area (TPSA) is 61.4 Å². The number of nitrogens with one attached hydrogen (secondary N) is 2. The van der Waals surface area contributed by atoms with Gasteiger partial charge in [-0.2, -0.15) is 0 Å². The second kappa shape index (κ2) is 5.35. The van der Waals surface area contributed by atoms with Crippen molar-refractivity contribution in [1.29, 1.82) is 0 Å². The van der Waals surface area contributed by atoms with Crippen LogP contribution in [-0.2, 0) is 5.54 Å². The highest BCUT2D eigenvalue weighted by atomic mass is 19.1. The van der Waals surface area contributed by atoms with E-state index < -0.39 is 5.54 Å². The van der Waals surface area contributed by atoms with Gasteiger partial charge in [-0.05, 0) is 25.3 Å². The average Bonchev–Trinajstić information content (AvgIpc) is 3.10. The number of aliphatic hydroxyl groups is 1. The molecule has 0 aliphatic heterocycles. The van der Waals surface area contributed by atoms with Crippen LogP contribution in [0, 0.1) is 5.82 Å². The maximum Gasteiger partial charge on any atom is 0.315 e. The maximum absolute atomic E-state index is 13.7. The van der Waals surface area contributed by atoms with Gasteiger partial charge in [-0.3, -0.25) is 0 Å². The Morgan fingerprint density at radius 2 is 2.11 bits per heavy atom. The second-order valence-electron chi connectivity index (χ2n) is 4.52. The van der Waals surface area contributed by atoms with Gasteiger partial charge in [0.05, 0.1) is 5.54 Å². The molecule has 0 heterocycles. The van der Waals surface area contributed by atoms with E-state index in [1.807, 2.05) is 0 Å². The Morgan fingerprint density at radius 1 is 1.39 bits per heavy atom. The molecule has 2 rings (SSSR count). The third-order valence-corrected chi connectivity index (χ3v) is 3.11. The van der Waals surface area contributed by atoms with Crippen LogP contribution >= 0.6 is 0 Å². The van der Waals surface area contributed by atoms with Gasteiger partial charge >= 0.3 is 6.03 Å². The lowest BCUT2D eigenvalue weighted by Crippen LogP contribution is -2.43. The monoisotopic (exact) mass is 252 g/mol. The Hall–Kier alpha value is -1.62. The van der Waals surface area contributed by atoms with Crippen molar-refractivity contribution in [2.45, 2.75) is 24.8 Å². The van der Waals surface area contributed by atoms with E-state index in [1.54, 1.807) is 18.2 Å². The highest BCUT2D eigenvalue weighted by Crippen LogP contribution is 2.46. The predicted octanol–water partition coefficient (Wildman–Crippen LogP) is 1.50. The largest absolute Gasteiger partial charge is 0.396 e. The summed E-state index contributed by atoms with van der Waals surface area (Å²) in [6.45, 7) is 0.453. The van der Waals surface area contributed by atoms with Crippen LogP contribution in [0.3, 0.4) is 0 Å². The summed E-state index contributed by atoms with van der Waals surface area (Å²) < 4.78 is 13.7. The van der Waals surface area contributed by atoms with Crippen LogP contribution in [0.25, 0.3) is 0 Å². The highest BCUT2D eigenvalue weighted by Gasteiger charge is 2.47. The summed E-state index contributed by atoms with van der Waals surface area (Å²) in [5.41, 5.74) is -0.00318. The first-order valence-corrected chi connectivity index (χ1v) is 6.10. The van der Waals surface area contributed by atoms with Crippen molar-refractivity contribution in [2.24, 2.45) is 0 Å². The van der Waals surface area contributed by atoms with Crippen LogP contribution in [-0.4, -0.2) is 24.3 Å². The fourth-order valence-electron chi connectivity index (χ4n) is 1.98. The van der Waals surface area contributed by atoms with Crippen molar-refractivity contribution in [3.63, 3.8) is 0 Å². The summed E-state index contributed by atoms with van der Waals surface area (Å²) in [4.78, 5) is 11.6. The molecule has 98 valence electrons. The zero-order valence-electron chi connectivity index (χ0n) is 10.1. The van der Waals surface area contributed by atoms with E-state index in [9.17, 15) is 9.18 Å². The molecule has 0 radical (unpaired) electrons. The molecule has 0 saturated heterocycles. The first-order valence-electron chi connectivity index (χ1n) is 6.10. The molecule has 0 bridgehead atoms. The number of carbonyl (C=O) groups excluding carboxylic acids is 1. The third-order valence-electron chi connectivity index (χ3n) is 3.11. The van der Waals surface area contributed by atoms with E-state index in [1.165, 1.54) is 6.07 Å². The molecule has 1 saturated carbocycles. The van der Waals surface area contributed by atoms with Crippen molar-refractivity contribution < 1.29 is 14.3 Å². The number of hydrogen-bond acceptors (Lipinski definition) is 2. The van der Waals surface area contributed by atoms with E-state index in [0.29, 0.717) is 18.5 Å². The molecular formula is C13H17FN2O2. The lowest BCUT2D eigenvalue weighted by Gasteiger charge is -2.19. The first-order chi connectivity index (χ1) is 8.68. The first kappa shape index (κ1) is 12.8. The molecule has 0 aromatic heterocycles. The fourth-order valence-corrected chi connectivity index (χ4v) is 1.98. The highest BCUT2D eigenvalue weighted by molar-refractivity contribution is 5.75. The summed E-state index contributed by atoms with van der Waals surface area (Å²) >= 11 is 0. The molecule has 0 spiro atoms. The lowest BCUT2D eigenvalue weighted by atomic mass is 10.0. The van der Waals surface area contributed by atoms with Crippen molar-refractivity contribution in [3.05, 3.63) is 35.6 Å². The van der Waals surface area contributed by atoms with Gasteiger partial charge in [-0.25, -0.2) is 9.18 Å². The van der Waals surface area contributed by atoms with Gasteiger partial charge in [0, 0.05) is 18.7 Å².